The zero-order valence-corrected chi connectivity index (χ0v) is 13.9. The zero-order chi connectivity index (χ0) is 15.1. The predicted molar refractivity (Wildman–Crippen MR) is 85.7 cm³/mol. The summed E-state index contributed by atoms with van der Waals surface area (Å²) in [4.78, 5) is 0. The van der Waals surface area contributed by atoms with E-state index in [9.17, 15) is 0 Å². The summed E-state index contributed by atoms with van der Waals surface area (Å²) in [5, 5.41) is 3.33. The molecule has 1 N–H and O–H groups in total. The Labute approximate surface area is 133 Å². The van der Waals surface area contributed by atoms with Gasteiger partial charge in [-0.15, -0.1) is 0 Å². The number of hydrogen-bond donors (Lipinski definition) is 1. The van der Waals surface area contributed by atoms with Crippen LogP contribution in [0.3, 0.4) is 0 Å². The molecule has 0 aliphatic rings. The van der Waals surface area contributed by atoms with Gasteiger partial charge in [0.15, 0.2) is 0 Å². The fourth-order valence-corrected chi connectivity index (χ4v) is 2.38. The molecule has 0 aliphatic carbocycles. The molecule has 0 bridgehead atoms. The molecule has 0 aliphatic heterocycles. The monoisotopic (exact) mass is 353 g/mol. The van der Waals surface area contributed by atoms with Gasteiger partial charge in [-0.1, -0.05) is 6.92 Å². The molecule has 0 fully saturated rings. The molecule has 0 spiro atoms. The zero-order valence-electron chi connectivity index (χ0n) is 12.3. The number of ether oxygens (including phenoxy) is 2. The highest BCUT2D eigenvalue weighted by Gasteiger charge is 2.08. The first kappa shape index (κ1) is 15.9. The Morgan fingerprint density at radius 3 is 2.86 bits per heavy atom. The predicted octanol–water partition coefficient (Wildman–Crippen LogP) is 4.13. The van der Waals surface area contributed by atoms with Crippen LogP contribution in [0.15, 0.2) is 39.4 Å². The number of methoxy groups -OCH3 is 1. The Bertz CT molecular complexity index is 568. The summed E-state index contributed by atoms with van der Waals surface area (Å²) in [5.74, 6) is 2.50. The third-order valence-corrected chi connectivity index (χ3v) is 3.69. The second-order valence-corrected chi connectivity index (χ2v) is 5.49. The van der Waals surface area contributed by atoms with Gasteiger partial charge in [0.2, 0.25) is 0 Å². The lowest BCUT2D eigenvalue weighted by atomic mass is 10.2. The SMILES string of the molecule is CCCNCc1occc1COc1ccc(OC)cc1Br. The lowest BCUT2D eigenvalue weighted by Gasteiger charge is -2.10. The number of nitrogens with one attached hydrogen (secondary N) is 1. The number of rotatable bonds is 8. The molecule has 1 heterocycles. The highest BCUT2D eigenvalue weighted by molar-refractivity contribution is 9.10. The lowest BCUT2D eigenvalue weighted by molar-refractivity contribution is 0.298. The van der Waals surface area contributed by atoms with Crippen molar-refractivity contribution in [2.75, 3.05) is 13.7 Å². The largest absolute Gasteiger partial charge is 0.497 e. The topological polar surface area (TPSA) is 43.6 Å². The molecule has 4 nitrogen and oxygen atoms in total. The molecule has 0 saturated heterocycles. The van der Waals surface area contributed by atoms with Crippen LogP contribution < -0.4 is 14.8 Å². The Kier molecular flexibility index (Phi) is 6.14. The van der Waals surface area contributed by atoms with Crippen LogP contribution in [0.1, 0.15) is 24.7 Å². The van der Waals surface area contributed by atoms with Gasteiger partial charge < -0.3 is 19.2 Å². The fourth-order valence-electron chi connectivity index (χ4n) is 1.91. The highest BCUT2D eigenvalue weighted by atomic mass is 79.9. The summed E-state index contributed by atoms with van der Waals surface area (Å²) in [6.45, 7) is 4.32. The summed E-state index contributed by atoms with van der Waals surface area (Å²) in [6, 6.07) is 7.59. The highest BCUT2D eigenvalue weighted by Crippen LogP contribution is 2.30. The summed E-state index contributed by atoms with van der Waals surface area (Å²) in [7, 11) is 1.64. The molecule has 2 rings (SSSR count). The van der Waals surface area contributed by atoms with Crippen molar-refractivity contribution in [2.45, 2.75) is 26.5 Å². The molecule has 0 unspecified atom stereocenters. The van der Waals surface area contributed by atoms with Crippen LogP contribution in [0.25, 0.3) is 0 Å². The van der Waals surface area contributed by atoms with Gasteiger partial charge in [0.05, 0.1) is 24.4 Å². The van der Waals surface area contributed by atoms with E-state index in [1.165, 1.54) is 0 Å². The average Bonchev–Trinajstić information content (AvgIpc) is 2.93. The molecule has 0 atom stereocenters. The van der Waals surface area contributed by atoms with E-state index in [2.05, 4.69) is 28.2 Å². The third kappa shape index (κ3) is 4.51. The molecular formula is C16H20BrNO3. The molecule has 114 valence electrons. The number of hydrogen-bond acceptors (Lipinski definition) is 4. The van der Waals surface area contributed by atoms with Gasteiger partial charge in [-0.3, -0.25) is 0 Å². The van der Waals surface area contributed by atoms with E-state index in [4.69, 9.17) is 13.9 Å². The summed E-state index contributed by atoms with van der Waals surface area (Å²) < 4.78 is 17.4. The van der Waals surface area contributed by atoms with Crippen LogP contribution in [0.2, 0.25) is 0 Å². The summed E-state index contributed by atoms with van der Waals surface area (Å²) in [5.41, 5.74) is 1.06. The van der Waals surface area contributed by atoms with Crippen molar-refractivity contribution in [3.8, 4) is 11.5 Å². The van der Waals surface area contributed by atoms with E-state index < -0.39 is 0 Å². The maximum Gasteiger partial charge on any atom is 0.134 e. The first-order valence-corrected chi connectivity index (χ1v) is 7.76. The Morgan fingerprint density at radius 2 is 2.14 bits per heavy atom. The minimum absolute atomic E-state index is 0.477. The van der Waals surface area contributed by atoms with E-state index in [1.807, 2.05) is 24.3 Å². The molecule has 1 aromatic carbocycles. The number of benzene rings is 1. The van der Waals surface area contributed by atoms with Crippen LogP contribution in [-0.4, -0.2) is 13.7 Å². The maximum atomic E-state index is 5.84. The first-order chi connectivity index (χ1) is 10.2. The second kappa shape index (κ2) is 8.10. The first-order valence-electron chi connectivity index (χ1n) is 6.97. The summed E-state index contributed by atoms with van der Waals surface area (Å²) >= 11 is 3.48. The van der Waals surface area contributed by atoms with E-state index in [0.717, 1.165) is 46.8 Å². The van der Waals surface area contributed by atoms with Crippen molar-refractivity contribution in [1.82, 2.24) is 5.32 Å². The van der Waals surface area contributed by atoms with Crippen molar-refractivity contribution in [1.29, 1.82) is 0 Å². The van der Waals surface area contributed by atoms with Crippen LogP contribution in [0.5, 0.6) is 11.5 Å². The number of halogens is 1. The standard InChI is InChI=1S/C16H20BrNO3/c1-3-7-18-10-16-12(6-8-20-16)11-21-15-5-4-13(19-2)9-14(15)17/h4-6,8-9,18H,3,7,10-11H2,1-2H3. The molecule has 0 amide bonds. The normalized spacial score (nSPS) is 10.6. The third-order valence-electron chi connectivity index (χ3n) is 3.07. The molecule has 0 radical (unpaired) electrons. The Hall–Kier alpha value is -1.46. The van der Waals surface area contributed by atoms with Gasteiger partial charge in [0.25, 0.3) is 0 Å². The molecule has 1 aromatic heterocycles. The molecule has 5 heteroatoms. The van der Waals surface area contributed by atoms with Gasteiger partial charge >= 0.3 is 0 Å². The van der Waals surface area contributed by atoms with Crippen molar-refractivity contribution < 1.29 is 13.9 Å². The number of furan rings is 1. The lowest BCUT2D eigenvalue weighted by Crippen LogP contribution is -2.14. The van der Waals surface area contributed by atoms with E-state index in [0.29, 0.717) is 6.61 Å². The van der Waals surface area contributed by atoms with Gasteiger partial charge in [0, 0.05) is 5.56 Å². The van der Waals surface area contributed by atoms with Crippen molar-refractivity contribution >= 4 is 15.9 Å². The van der Waals surface area contributed by atoms with Gasteiger partial charge in [0.1, 0.15) is 23.9 Å². The molecule has 21 heavy (non-hydrogen) atoms. The fraction of sp³-hybridized carbons (Fsp3) is 0.375. The molecule has 0 saturated carbocycles. The Balaban J connectivity index is 1.95. The van der Waals surface area contributed by atoms with Crippen molar-refractivity contribution in [3.63, 3.8) is 0 Å². The van der Waals surface area contributed by atoms with E-state index in [-0.39, 0.29) is 0 Å². The van der Waals surface area contributed by atoms with E-state index >= 15 is 0 Å². The minimum Gasteiger partial charge on any atom is -0.497 e. The molecular weight excluding hydrogens is 334 g/mol. The minimum atomic E-state index is 0.477. The quantitative estimate of drug-likeness (QED) is 0.724. The van der Waals surface area contributed by atoms with Crippen LogP contribution in [-0.2, 0) is 13.2 Å². The van der Waals surface area contributed by atoms with E-state index in [1.54, 1.807) is 13.4 Å². The average molecular weight is 354 g/mol. The Morgan fingerprint density at radius 1 is 1.29 bits per heavy atom. The van der Waals surface area contributed by atoms with Crippen LogP contribution in [0, 0.1) is 0 Å². The smallest absolute Gasteiger partial charge is 0.134 e. The maximum absolute atomic E-state index is 5.84. The van der Waals surface area contributed by atoms with Crippen LogP contribution in [0.4, 0.5) is 0 Å². The van der Waals surface area contributed by atoms with Crippen molar-refractivity contribution in [3.05, 3.63) is 46.3 Å². The van der Waals surface area contributed by atoms with Crippen molar-refractivity contribution in [2.24, 2.45) is 0 Å². The molecule has 2 aromatic rings. The second-order valence-electron chi connectivity index (χ2n) is 4.63. The summed E-state index contributed by atoms with van der Waals surface area (Å²) in [6.07, 6.45) is 2.80. The van der Waals surface area contributed by atoms with Gasteiger partial charge in [-0.25, -0.2) is 0 Å². The van der Waals surface area contributed by atoms with Gasteiger partial charge in [-0.05, 0) is 53.2 Å². The van der Waals surface area contributed by atoms with Gasteiger partial charge in [-0.2, -0.15) is 0 Å². The van der Waals surface area contributed by atoms with Crippen LogP contribution >= 0.6 is 15.9 Å².